The molecule has 0 unspecified atom stereocenters. The summed E-state index contributed by atoms with van der Waals surface area (Å²) in [6.45, 7) is 3.67. The van der Waals surface area contributed by atoms with Crippen molar-refractivity contribution in [3.8, 4) is 0 Å². The molecule has 1 amide bonds. The number of nitrogens with one attached hydrogen (secondary N) is 1. The molecule has 0 saturated carbocycles. The lowest BCUT2D eigenvalue weighted by Gasteiger charge is -2.25. The maximum atomic E-state index is 12.7. The largest absolute Gasteiger partial charge is 0.352 e. The monoisotopic (exact) mass is 392 g/mol. The fraction of sp³-hybridized carbons (Fsp3) is 0.421. The molecule has 1 aliphatic rings. The Morgan fingerprint density at radius 2 is 1.85 bits per heavy atom. The number of carbonyl (C=O) groups is 1. The van der Waals surface area contributed by atoms with Crippen LogP contribution in [0.15, 0.2) is 40.6 Å². The number of amides is 1. The number of carbonyl (C=O) groups excluding carboxylic acids is 1. The van der Waals surface area contributed by atoms with Crippen molar-refractivity contribution < 1.29 is 13.2 Å². The normalized spacial score (nSPS) is 15.7. The Hall–Kier alpha value is -1.70. The van der Waals surface area contributed by atoms with Crippen LogP contribution in [0.4, 0.5) is 0 Å². The third-order valence-corrected chi connectivity index (χ3v) is 8.07. The van der Waals surface area contributed by atoms with Gasteiger partial charge in [0, 0.05) is 24.5 Å². The van der Waals surface area contributed by atoms with Crippen LogP contribution in [0.3, 0.4) is 0 Å². The summed E-state index contributed by atoms with van der Waals surface area (Å²) >= 11 is 1.20. The Kier molecular flexibility index (Phi) is 6.11. The van der Waals surface area contributed by atoms with Crippen LogP contribution in [0.5, 0.6) is 0 Å². The van der Waals surface area contributed by atoms with Crippen LogP contribution in [0, 0.1) is 6.92 Å². The van der Waals surface area contributed by atoms with Gasteiger partial charge in [0.25, 0.3) is 10.0 Å². The maximum absolute atomic E-state index is 12.7. The average molecular weight is 393 g/mol. The molecule has 5 nitrogen and oxygen atoms in total. The first-order valence-corrected chi connectivity index (χ1v) is 11.1. The minimum Gasteiger partial charge on any atom is -0.352 e. The molecule has 26 heavy (non-hydrogen) atoms. The summed E-state index contributed by atoms with van der Waals surface area (Å²) in [6.07, 6.45) is 3.12. The van der Waals surface area contributed by atoms with Crippen molar-refractivity contribution in [2.45, 2.75) is 43.4 Å². The highest BCUT2D eigenvalue weighted by atomic mass is 32.2. The van der Waals surface area contributed by atoms with Crippen molar-refractivity contribution >= 4 is 27.3 Å². The highest BCUT2D eigenvalue weighted by Gasteiger charge is 2.27. The minimum absolute atomic E-state index is 0.1000. The lowest BCUT2D eigenvalue weighted by molar-refractivity contribution is -0.120. The Labute approximate surface area is 159 Å². The van der Waals surface area contributed by atoms with Gasteiger partial charge >= 0.3 is 0 Å². The summed E-state index contributed by atoms with van der Waals surface area (Å²) in [5.41, 5.74) is 2.22. The van der Waals surface area contributed by atoms with Crippen molar-refractivity contribution in [3.63, 3.8) is 0 Å². The van der Waals surface area contributed by atoms with E-state index in [0.29, 0.717) is 23.8 Å². The first-order valence-electron chi connectivity index (χ1n) is 8.87. The van der Waals surface area contributed by atoms with Gasteiger partial charge in [0.1, 0.15) is 4.21 Å². The van der Waals surface area contributed by atoms with E-state index in [1.165, 1.54) is 11.3 Å². The van der Waals surface area contributed by atoms with Crippen LogP contribution in [-0.4, -0.2) is 31.7 Å². The Morgan fingerprint density at radius 1 is 1.12 bits per heavy atom. The number of hydrogen-bond acceptors (Lipinski definition) is 4. The Bertz CT molecular complexity index is 868. The molecule has 0 bridgehead atoms. The molecule has 0 atom stereocenters. The first kappa shape index (κ1) is 19.1. The molecule has 2 aromatic rings. The molecule has 3 rings (SSSR count). The van der Waals surface area contributed by atoms with Crippen LogP contribution in [0.25, 0.3) is 0 Å². The summed E-state index contributed by atoms with van der Waals surface area (Å²) in [5, 5.41) is 2.91. The molecule has 0 radical (unpaired) electrons. The SMILES string of the molecule is Cc1ccccc1CNC(=O)Cc1ccc(S(=O)(=O)N2CCCCC2)s1. The number of sulfonamides is 1. The highest BCUT2D eigenvalue weighted by molar-refractivity contribution is 7.91. The van der Waals surface area contributed by atoms with Crippen LogP contribution in [0.2, 0.25) is 0 Å². The number of benzene rings is 1. The van der Waals surface area contributed by atoms with E-state index < -0.39 is 10.0 Å². The predicted molar refractivity (Wildman–Crippen MR) is 104 cm³/mol. The standard InChI is InChI=1S/C19H24N2O3S2/c1-15-7-3-4-8-16(15)14-20-18(22)13-17-9-10-19(25-17)26(23,24)21-11-5-2-6-12-21/h3-4,7-10H,2,5-6,11-14H2,1H3,(H,20,22). The molecule has 2 heterocycles. The van der Waals surface area contributed by atoms with E-state index in [1.807, 2.05) is 31.2 Å². The summed E-state index contributed by atoms with van der Waals surface area (Å²) in [7, 11) is -3.42. The Balaban J connectivity index is 1.59. The van der Waals surface area contributed by atoms with Gasteiger partial charge in [-0.2, -0.15) is 4.31 Å². The van der Waals surface area contributed by atoms with E-state index in [-0.39, 0.29) is 12.3 Å². The van der Waals surface area contributed by atoms with Crippen molar-refractivity contribution in [3.05, 3.63) is 52.4 Å². The molecule has 1 aromatic heterocycles. The molecule has 0 aliphatic carbocycles. The van der Waals surface area contributed by atoms with Gasteiger partial charge in [-0.15, -0.1) is 11.3 Å². The highest BCUT2D eigenvalue weighted by Crippen LogP contribution is 2.27. The van der Waals surface area contributed by atoms with Gasteiger partial charge in [-0.1, -0.05) is 30.7 Å². The second-order valence-electron chi connectivity index (χ2n) is 6.57. The fourth-order valence-electron chi connectivity index (χ4n) is 3.05. The smallest absolute Gasteiger partial charge is 0.252 e. The molecule has 1 aromatic carbocycles. The van der Waals surface area contributed by atoms with Gasteiger partial charge in [0.05, 0.1) is 6.42 Å². The molecule has 1 saturated heterocycles. The number of hydrogen-bond donors (Lipinski definition) is 1. The number of thiophene rings is 1. The van der Waals surface area contributed by atoms with E-state index in [9.17, 15) is 13.2 Å². The van der Waals surface area contributed by atoms with Crippen molar-refractivity contribution in [2.24, 2.45) is 0 Å². The van der Waals surface area contributed by atoms with E-state index >= 15 is 0 Å². The summed E-state index contributed by atoms with van der Waals surface area (Å²) in [5.74, 6) is -0.1000. The molecule has 0 spiro atoms. The van der Waals surface area contributed by atoms with Gasteiger partial charge in [-0.3, -0.25) is 4.79 Å². The molecular weight excluding hydrogens is 368 g/mol. The average Bonchev–Trinajstić information content (AvgIpc) is 3.11. The predicted octanol–water partition coefficient (Wildman–Crippen LogP) is 3.09. The van der Waals surface area contributed by atoms with E-state index in [2.05, 4.69) is 5.32 Å². The zero-order valence-electron chi connectivity index (χ0n) is 14.9. The van der Waals surface area contributed by atoms with Crippen molar-refractivity contribution in [1.29, 1.82) is 0 Å². The number of rotatable bonds is 6. The Morgan fingerprint density at radius 3 is 2.58 bits per heavy atom. The fourth-order valence-corrected chi connectivity index (χ4v) is 6.07. The van der Waals surface area contributed by atoms with Gasteiger partial charge in [0.2, 0.25) is 5.91 Å². The van der Waals surface area contributed by atoms with Crippen LogP contribution >= 0.6 is 11.3 Å². The zero-order valence-corrected chi connectivity index (χ0v) is 16.5. The van der Waals surface area contributed by atoms with Gasteiger partial charge in [-0.25, -0.2) is 8.42 Å². The molecule has 1 N–H and O–H groups in total. The van der Waals surface area contributed by atoms with Gasteiger partial charge < -0.3 is 5.32 Å². The maximum Gasteiger partial charge on any atom is 0.252 e. The molecule has 1 aliphatic heterocycles. The van der Waals surface area contributed by atoms with E-state index in [0.717, 1.165) is 35.3 Å². The molecule has 1 fully saturated rings. The number of piperidine rings is 1. The van der Waals surface area contributed by atoms with Crippen LogP contribution in [-0.2, 0) is 27.8 Å². The zero-order chi connectivity index (χ0) is 18.6. The molecule has 140 valence electrons. The van der Waals surface area contributed by atoms with Crippen LogP contribution < -0.4 is 5.32 Å². The summed E-state index contributed by atoms with van der Waals surface area (Å²) in [6, 6.07) is 11.3. The topological polar surface area (TPSA) is 66.5 Å². The summed E-state index contributed by atoms with van der Waals surface area (Å²) < 4.78 is 27.2. The van der Waals surface area contributed by atoms with Crippen molar-refractivity contribution in [1.82, 2.24) is 9.62 Å². The number of aryl methyl sites for hydroxylation is 1. The van der Waals surface area contributed by atoms with Crippen LogP contribution in [0.1, 0.15) is 35.3 Å². The second-order valence-corrected chi connectivity index (χ2v) is 9.90. The summed E-state index contributed by atoms with van der Waals surface area (Å²) in [4.78, 5) is 13.0. The lowest BCUT2D eigenvalue weighted by Crippen LogP contribution is -2.35. The van der Waals surface area contributed by atoms with E-state index in [4.69, 9.17) is 0 Å². The molecular formula is C19H24N2O3S2. The molecule has 7 heteroatoms. The minimum atomic E-state index is -3.42. The van der Waals surface area contributed by atoms with Crippen molar-refractivity contribution in [2.75, 3.05) is 13.1 Å². The second kappa shape index (κ2) is 8.33. The van der Waals surface area contributed by atoms with Gasteiger partial charge in [0.15, 0.2) is 0 Å². The number of nitrogens with zero attached hydrogens (tertiary/aromatic N) is 1. The van der Waals surface area contributed by atoms with E-state index in [1.54, 1.807) is 16.4 Å². The lowest BCUT2D eigenvalue weighted by atomic mass is 10.1. The third kappa shape index (κ3) is 4.52. The third-order valence-electron chi connectivity index (χ3n) is 4.62. The first-order chi connectivity index (χ1) is 12.5. The quantitative estimate of drug-likeness (QED) is 0.821. The van der Waals surface area contributed by atoms with Gasteiger partial charge in [-0.05, 0) is 43.0 Å².